The first-order valence-electron chi connectivity index (χ1n) is 20.4. The minimum atomic E-state index is 1.04. The molecule has 0 spiro atoms. The predicted octanol–water partition coefficient (Wildman–Crippen LogP) is 13.8. The van der Waals surface area contributed by atoms with Crippen LogP contribution >= 0.6 is 0 Å². The molecule has 22 aliphatic rings. The quantitative estimate of drug-likeness (QED) is 0.146. The van der Waals surface area contributed by atoms with Crippen LogP contribution in [0, 0.1) is 0 Å². The lowest BCUT2D eigenvalue weighted by Crippen LogP contribution is -1.93. The normalized spacial score (nSPS) is 13.1. The van der Waals surface area contributed by atoms with Crippen LogP contribution < -0.4 is 0 Å². The topological polar surface area (TPSA) is 0 Å². The van der Waals surface area contributed by atoms with E-state index in [-0.39, 0.29) is 0 Å². The number of benzene rings is 8. The Morgan fingerprint density at radius 2 is 0.214 bits per heavy atom. The second-order valence-electron chi connectivity index (χ2n) is 15.6. The van der Waals surface area contributed by atoms with Gasteiger partial charge >= 0.3 is 0 Å². The summed E-state index contributed by atoms with van der Waals surface area (Å²) in [6, 6.07) is 73.1. The van der Waals surface area contributed by atoms with Gasteiger partial charge < -0.3 is 0 Å². The molecule has 0 aromatic heterocycles. The number of hydrogen-bond acceptors (Lipinski definition) is 0. The maximum atomic E-state index is 2.29. The van der Waals surface area contributed by atoms with Gasteiger partial charge in [0.05, 0.1) is 0 Å². The van der Waals surface area contributed by atoms with E-state index in [1.165, 1.54) is 89.0 Å². The fourth-order valence-corrected chi connectivity index (χ4v) is 8.07. The van der Waals surface area contributed by atoms with Crippen molar-refractivity contribution in [3.63, 3.8) is 0 Å². The summed E-state index contributed by atoms with van der Waals surface area (Å²) in [5.74, 6) is 0. The van der Waals surface area contributed by atoms with Gasteiger partial charge in [0, 0.05) is 0 Å². The van der Waals surface area contributed by atoms with E-state index in [9.17, 15) is 0 Å². The van der Waals surface area contributed by atoms with Gasteiger partial charge in [-0.1, -0.05) is 194 Å². The van der Waals surface area contributed by atoms with Gasteiger partial charge in [-0.2, -0.15) is 0 Å². The Morgan fingerprint density at radius 1 is 0.125 bits per heavy atom. The average Bonchev–Trinajstić information content (AvgIpc) is 3.27. The Bertz CT molecular complexity index is 1920. The Hall–Kier alpha value is -6.24. The van der Waals surface area contributed by atoms with Crippen LogP contribution in [0.3, 0.4) is 0 Å². The van der Waals surface area contributed by atoms with Gasteiger partial charge in [-0.05, 0) is 140 Å². The molecule has 0 nitrogen and oxygen atoms in total. The SMILES string of the molecule is c1cc2ccc1CCc1ccc(cc1)-c1ccc(cc1)CCc1ccc(cc1)-c1ccc(cc1)CCc1ccc(cc1)-c1ccc(cc1)CCc1ccc-2cc1. The Kier molecular flexibility index (Phi) is 10.5. The Labute approximate surface area is 333 Å². The first-order chi connectivity index (χ1) is 27.7. The van der Waals surface area contributed by atoms with Crippen LogP contribution in [0.25, 0.3) is 44.5 Å². The van der Waals surface area contributed by atoms with Crippen LogP contribution in [0.15, 0.2) is 194 Å². The van der Waals surface area contributed by atoms with Crippen molar-refractivity contribution in [2.24, 2.45) is 0 Å². The van der Waals surface area contributed by atoms with E-state index in [0.717, 1.165) is 51.4 Å². The Morgan fingerprint density at radius 3 is 0.304 bits per heavy atom. The average molecular weight is 721 g/mol. The minimum Gasteiger partial charge on any atom is -0.0584 e. The van der Waals surface area contributed by atoms with Crippen molar-refractivity contribution in [2.75, 3.05) is 0 Å². The molecule has 8 aromatic rings. The summed E-state index contributed by atoms with van der Waals surface area (Å²) in [4.78, 5) is 0. The van der Waals surface area contributed by atoms with E-state index >= 15 is 0 Å². The molecule has 16 bridgehead atoms. The summed E-state index contributed by atoms with van der Waals surface area (Å²) in [7, 11) is 0. The van der Waals surface area contributed by atoms with Crippen LogP contribution in [0.2, 0.25) is 0 Å². The zero-order valence-corrected chi connectivity index (χ0v) is 32.1. The van der Waals surface area contributed by atoms with Crippen molar-refractivity contribution in [1.29, 1.82) is 0 Å². The van der Waals surface area contributed by atoms with Gasteiger partial charge in [0.2, 0.25) is 0 Å². The highest BCUT2D eigenvalue weighted by Gasteiger charge is 2.06. The van der Waals surface area contributed by atoms with Crippen molar-refractivity contribution in [3.05, 3.63) is 239 Å². The molecule has 0 heteroatoms. The molecule has 8 aromatic carbocycles. The van der Waals surface area contributed by atoms with Crippen molar-refractivity contribution >= 4 is 0 Å². The maximum absolute atomic E-state index is 2.29. The predicted molar refractivity (Wildman–Crippen MR) is 237 cm³/mol. The van der Waals surface area contributed by atoms with Crippen molar-refractivity contribution in [2.45, 2.75) is 51.4 Å². The molecule has 0 fully saturated rings. The van der Waals surface area contributed by atoms with Crippen LogP contribution in [-0.2, 0) is 51.4 Å². The lowest BCUT2D eigenvalue weighted by atomic mass is 9.96. The van der Waals surface area contributed by atoms with E-state index < -0.39 is 0 Å². The molecule has 0 amide bonds. The van der Waals surface area contributed by atoms with E-state index in [0.29, 0.717) is 0 Å². The lowest BCUT2D eigenvalue weighted by molar-refractivity contribution is 0.958. The first-order valence-corrected chi connectivity index (χ1v) is 20.4. The van der Waals surface area contributed by atoms with E-state index in [4.69, 9.17) is 0 Å². The van der Waals surface area contributed by atoms with Crippen LogP contribution in [0.5, 0.6) is 0 Å². The molecule has 0 N–H and O–H groups in total. The molecule has 0 saturated carbocycles. The summed E-state index contributed by atoms with van der Waals surface area (Å²) in [5, 5.41) is 0. The molecule has 56 heavy (non-hydrogen) atoms. The second-order valence-corrected chi connectivity index (χ2v) is 15.6. The molecule has 30 rings (SSSR count). The zero-order valence-electron chi connectivity index (χ0n) is 32.1. The van der Waals surface area contributed by atoms with Crippen LogP contribution in [0.1, 0.15) is 44.5 Å². The van der Waals surface area contributed by atoms with Gasteiger partial charge in [0.25, 0.3) is 0 Å². The molecule has 0 saturated heterocycles. The molecule has 22 aliphatic carbocycles. The molecular formula is C56H48. The highest BCUT2D eigenvalue weighted by atomic mass is 14.1. The zero-order chi connectivity index (χ0) is 37.5. The summed E-state index contributed by atoms with van der Waals surface area (Å²) in [6.45, 7) is 0. The highest BCUT2D eigenvalue weighted by Crippen LogP contribution is 2.27. The summed E-state index contributed by atoms with van der Waals surface area (Å²) in [6.07, 6.45) is 8.30. The fraction of sp³-hybridized carbons (Fsp3) is 0.143. The third kappa shape index (κ3) is 8.67. The number of hydrogen-bond donors (Lipinski definition) is 0. The fourth-order valence-electron chi connectivity index (χ4n) is 8.07. The van der Waals surface area contributed by atoms with Gasteiger partial charge in [-0.25, -0.2) is 0 Å². The largest absolute Gasteiger partial charge is 0.0584 e. The van der Waals surface area contributed by atoms with Crippen molar-refractivity contribution < 1.29 is 0 Å². The van der Waals surface area contributed by atoms with Gasteiger partial charge in [0.1, 0.15) is 0 Å². The molecule has 0 radical (unpaired) electrons. The van der Waals surface area contributed by atoms with E-state index in [1.54, 1.807) is 0 Å². The van der Waals surface area contributed by atoms with Crippen molar-refractivity contribution in [3.8, 4) is 44.5 Å². The monoisotopic (exact) mass is 720 g/mol. The molecule has 0 unspecified atom stereocenters. The lowest BCUT2D eigenvalue weighted by Gasteiger charge is -2.09. The van der Waals surface area contributed by atoms with E-state index in [2.05, 4.69) is 194 Å². The van der Waals surface area contributed by atoms with E-state index in [1.807, 2.05) is 0 Å². The van der Waals surface area contributed by atoms with Crippen molar-refractivity contribution in [1.82, 2.24) is 0 Å². The standard InChI is InChI=1S/C56H48/c1-2-42-11-27-50(28-12-42)52-31-15-44(16-32-52)5-6-46-19-35-54(36-20-46)56-39-23-48(24-40-56)8-7-47-21-37-55(38-22-47)53-33-17-45(18-34-53)4-3-43-13-29-51(30-14-43)49-25-9-41(1)10-26-49/h9-40H,1-8H2. The minimum absolute atomic E-state index is 1.04. The van der Waals surface area contributed by atoms with Gasteiger partial charge in [-0.3, -0.25) is 0 Å². The third-order valence-electron chi connectivity index (χ3n) is 11.8. The van der Waals surface area contributed by atoms with Gasteiger partial charge in [-0.15, -0.1) is 0 Å². The molecule has 272 valence electrons. The molecule has 0 aliphatic heterocycles. The first kappa shape index (κ1) is 35.5. The van der Waals surface area contributed by atoms with Crippen LogP contribution in [-0.4, -0.2) is 0 Å². The second kappa shape index (κ2) is 16.6. The maximum Gasteiger partial charge on any atom is -0.0184 e. The molecular weight excluding hydrogens is 673 g/mol. The summed E-state index contributed by atoms with van der Waals surface area (Å²) < 4.78 is 0. The smallest absolute Gasteiger partial charge is 0.0184 e. The van der Waals surface area contributed by atoms with Crippen LogP contribution in [0.4, 0.5) is 0 Å². The molecule has 0 atom stereocenters. The highest BCUT2D eigenvalue weighted by molar-refractivity contribution is 5.67. The number of aryl methyl sites for hydroxylation is 8. The Balaban J connectivity index is 0.912. The third-order valence-corrected chi connectivity index (χ3v) is 11.8. The summed E-state index contributed by atoms with van der Waals surface area (Å²) in [5.41, 5.74) is 21.2. The number of rotatable bonds is 0. The molecule has 0 heterocycles. The van der Waals surface area contributed by atoms with Gasteiger partial charge in [0.15, 0.2) is 0 Å². The summed E-state index contributed by atoms with van der Waals surface area (Å²) >= 11 is 0.